The molecule has 0 spiro atoms. The van der Waals surface area contributed by atoms with Crippen LogP contribution in [0, 0.1) is 0 Å². The number of nitrogens with zero attached hydrogens (tertiary/aromatic N) is 3. The molecular formula is C11H20N4OS. The lowest BCUT2D eigenvalue weighted by Gasteiger charge is -2.06. The number of aromatic nitrogens is 3. The Labute approximate surface area is 107 Å². The second-order valence-corrected chi connectivity index (χ2v) is 4.58. The molecule has 1 heterocycles. The van der Waals surface area contributed by atoms with Gasteiger partial charge in [0.1, 0.15) is 0 Å². The van der Waals surface area contributed by atoms with E-state index in [1.165, 1.54) is 19.3 Å². The molecule has 0 radical (unpaired) electrons. The molecular weight excluding hydrogens is 236 g/mol. The molecule has 17 heavy (non-hydrogen) atoms. The van der Waals surface area contributed by atoms with E-state index in [1.807, 2.05) is 6.92 Å². The van der Waals surface area contributed by atoms with E-state index in [2.05, 4.69) is 27.2 Å². The van der Waals surface area contributed by atoms with Crippen LogP contribution in [0.2, 0.25) is 0 Å². The average Bonchev–Trinajstić information content (AvgIpc) is 2.35. The topological polar surface area (TPSA) is 59.9 Å². The second kappa shape index (κ2) is 8.11. The quantitative estimate of drug-likeness (QED) is 0.570. The molecule has 0 aliphatic heterocycles. The van der Waals surface area contributed by atoms with E-state index in [0.717, 1.165) is 17.5 Å². The molecule has 0 aromatic carbocycles. The number of nitrogens with one attached hydrogen (secondary N) is 1. The van der Waals surface area contributed by atoms with Crippen molar-refractivity contribution in [2.45, 2.75) is 38.3 Å². The number of methoxy groups -OCH3 is 1. The predicted octanol–water partition coefficient (Wildman–Crippen LogP) is 2.59. The van der Waals surface area contributed by atoms with Gasteiger partial charge in [-0.15, -0.1) is 0 Å². The molecule has 96 valence electrons. The van der Waals surface area contributed by atoms with Crippen LogP contribution in [0.3, 0.4) is 0 Å². The van der Waals surface area contributed by atoms with Crippen LogP contribution in [-0.2, 0) is 0 Å². The third-order valence-corrected chi connectivity index (χ3v) is 3.02. The Kier molecular flexibility index (Phi) is 6.69. The van der Waals surface area contributed by atoms with Crippen molar-refractivity contribution in [2.24, 2.45) is 0 Å². The third-order valence-electron chi connectivity index (χ3n) is 2.09. The summed E-state index contributed by atoms with van der Waals surface area (Å²) in [7, 11) is 1.57. The van der Waals surface area contributed by atoms with Crippen molar-refractivity contribution in [2.75, 3.05) is 24.7 Å². The minimum Gasteiger partial charge on any atom is -0.467 e. The Morgan fingerprint density at radius 3 is 2.65 bits per heavy atom. The molecule has 1 rings (SSSR count). The van der Waals surface area contributed by atoms with Gasteiger partial charge in [0.15, 0.2) is 5.16 Å². The standard InChI is InChI=1S/C11H20N4OS/c1-4-6-7-8-17-11-14-9(12-5-2)13-10(15-11)16-3/h4-8H2,1-3H3,(H,12,13,14,15). The fourth-order valence-corrected chi connectivity index (χ4v) is 2.07. The Morgan fingerprint density at radius 1 is 1.18 bits per heavy atom. The fourth-order valence-electron chi connectivity index (χ4n) is 1.25. The van der Waals surface area contributed by atoms with E-state index in [-0.39, 0.29) is 0 Å². The van der Waals surface area contributed by atoms with Gasteiger partial charge in [0.05, 0.1) is 7.11 Å². The van der Waals surface area contributed by atoms with Crippen molar-refractivity contribution < 1.29 is 4.74 Å². The van der Waals surface area contributed by atoms with Gasteiger partial charge in [0.2, 0.25) is 5.95 Å². The summed E-state index contributed by atoms with van der Waals surface area (Å²) >= 11 is 1.65. The highest BCUT2D eigenvalue weighted by Crippen LogP contribution is 2.18. The van der Waals surface area contributed by atoms with Gasteiger partial charge in [-0.2, -0.15) is 15.0 Å². The molecule has 0 saturated heterocycles. The van der Waals surface area contributed by atoms with Gasteiger partial charge in [-0.05, 0) is 13.3 Å². The van der Waals surface area contributed by atoms with Gasteiger partial charge >= 0.3 is 6.01 Å². The molecule has 1 N–H and O–H groups in total. The maximum absolute atomic E-state index is 5.05. The normalized spacial score (nSPS) is 10.3. The summed E-state index contributed by atoms with van der Waals surface area (Å²) in [6.07, 6.45) is 3.66. The maximum atomic E-state index is 5.05. The molecule has 0 aliphatic carbocycles. The summed E-state index contributed by atoms with van der Waals surface area (Å²) < 4.78 is 5.05. The Balaban J connectivity index is 2.59. The highest BCUT2D eigenvalue weighted by atomic mass is 32.2. The van der Waals surface area contributed by atoms with Crippen molar-refractivity contribution in [1.82, 2.24) is 15.0 Å². The predicted molar refractivity (Wildman–Crippen MR) is 70.8 cm³/mol. The Morgan fingerprint density at radius 2 is 2.00 bits per heavy atom. The lowest BCUT2D eigenvalue weighted by atomic mass is 10.3. The van der Waals surface area contributed by atoms with Crippen molar-refractivity contribution in [1.29, 1.82) is 0 Å². The van der Waals surface area contributed by atoms with Crippen LogP contribution in [0.15, 0.2) is 5.16 Å². The SMILES string of the molecule is CCCCCSc1nc(NCC)nc(OC)n1. The second-order valence-electron chi connectivity index (χ2n) is 3.51. The lowest BCUT2D eigenvalue weighted by Crippen LogP contribution is -2.06. The van der Waals surface area contributed by atoms with Crippen LogP contribution < -0.4 is 10.1 Å². The van der Waals surface area contributed by atoms with Crippen molar-refractivity contribution in [3.05, 3.63) is 0 Å². The fraction of sp³-hybridized carbons (Fsp3) is 0.727. The van der Waals surface area contributed by atoms with E-state index in [9.17, 15) is 0 Å². The van der Waals surface area contributed by atoms with Crippen LogP contribution in [0.4, 0.5) is 5.95 Å². The first kappa shape index (κ1) is 14.0. The highest BCUT2D eigenvalue weighted by Gasteiger charge is 2.06. The van der Waals surface area contributed by atoms with Gasteiger partial charge in [0, 0.05) is 12.3 Å². The van der Waals surface area contributed by atoms with Gasteiger partial charge in [0.25, 0.3) is 0 Å². The van der Waals surface area contributed by atoms with Crippen molar-refractivity contribution in [3.63, 3.8) is 0 Å². The van der Waals surface area contributed by atoms with Gasteiger partial charge < -0.3 is 10.1 Å². The van der Waals surface area contributed by atoms with E-state index in [1.54, 1.807) is 18.9 Å². The summed E-state index contributed by atoms with van der Waals surface area (Å²) in [5, 5.41) is 3.79. The summed E-state index contributed by atoms with van der Waals surface area (Å²) in [5.41, 5.74) is 0. The first-order valence-corrected chi connectivity index (χ1v) is 6.95. The number of hydrogen-bond acceptors (Lipinski definition) is 6. The third kappa shape index (κ3) is 5.21. The van der Waals surface area contributed by atoms with E-state index in [0.29, 0.717) is 12.0 Å². The zero-order valence-electron chi connectivity index (χ0n) is 10.7. The molecule has 6 heteroatoms. The maximum Gasteiger partial charge on any atom is 0.321 e. The van der Waals surface area contributed by atoms with Crippen LogP contribution in [0.5, 0.6) is 6.01 Å². The van der Waals surface area contributed by atoms with Gasteiger partial charge in [-0.25, -0.2) is 0 Å². The lowest BCUT2D eigenvalue weighted by molar-refractivity contribution is 0.373. The van der Waals surface area contributed by atoms with Crippen LogP contribution in [0.25, 0.3) is 0 Å². The van der Waals surface area contributed by atoms with E-state index in [4.69, 9.17) is 4.74 Å². The summed E-state index contributed by atoms with van der Waals surface area (Å²) in [6, 6.07) is 0.369. The van der Waals surface area contributed by atoms with Gasteiger partial charge in [-0.1, -0.05) is 31.5 Å². The van der Waals surface area contributed by atoms with Gasteiger partial charge in [-0.3, -0.25) is 0 Å². The molecule has 0 unspecified atom stereocenters. The van der Waals surface area contributed by atoms with Crippen LogP contribution in [-0.4, -0.2) is 34.4 Å². The van der Waals surface area contributed by atoms with E-state index < -0.39 is 0 Å². The summed E-state index contributed by atoms with van der Waals surface area (Å²) in [6.45, 7) is 4.98. The molecule has 0 fully saturated rings. The highest BCUT2D eigenvalue weighted by molar-refractivity contribution is 7.99. The Hall–Kier alpha value is -1.04. The number of anilines is 1. The molecule has 0 atom stereocenters. The van der Waals surface area contributed by atoms with Crippen LogP contribution in [0.1, 0.15) is 33.1 Å². The molecule has 1 aromatic rings. The van der Waals surface area contributed by atoms with Crippen molar-refractivity contribution in [3.8, 4) is 6.01 Å². The molecule has 1 aromatic heterocycles. The molecule has 0 bridgehead atoms. The monoisotopic (exact) mass is 256 g/mol. The zero-order valence-corrected chi connectivity index (χ0v) is 11.5. The summed E-state index contributed by atoms with van der Waals surface area (Å²) in [4.78, 5) is 12.6. The molecule has 0 amide bonds. The minimum atomic E-state index is 0.369. The first-order valence-electron chi connectivity index (χ1n) is 5.96. The smallest absolute Gasteiger partial charge is 0.321 e. The first-order chi connectivity index (χ1) is 8.30. The number of thioether (sulfide) groups is 1. The minimum absolute atomic E-state index is 0.369. The van der Waals surface area contributed by atoms with Crippen LogP contribution >= 0.6 is 11.8 Å². The number of rotatable bonds is 8. The average molecular weight is 256 g/mol. The van der Waals surface area contributed by atoms with Crippen molar-refractivity contribution >= 4 is 17.7 Å². The molecule has 0 saturated carbocycles. The molecule has 0 aliphatic rings. The number of ether oxygens (including phenoxy) is 1. The Bertz CT molecular complexity index is 335. The molecule has 5 nitrogen and oxygen atoms in total. The van der Waals surface area contributed by atoms with E-state index >= 15 is 0 Å². The largest absolute Gasteiger partial charge is 0.467 e. The summed E-state index contributed by atoms with van der Waals surface area (Å²) in [5.74, 6) is 1.62. The zero-order chi connectivity index (χ0) is 12.5. The number of unbranched alkanes of at least 4 members (excludes halogenated alkanes) is 2. The number of hydrogen-bond donors (Lipinski definition) is 1.